The summed E-state index contributed by atoms with van der Waals surface area (Å²) in [6.07, 6.45) is 0.924. The highest BCUT2D eigenvalue weighted by atomic mass is 32.2. The minimum Gasteiger partial charge on any atom is -0.593 e. The van der Waals surface area contributed by atoms with Crippen LogP contribution < -0.4 is 4.72 Å². The molecule has 0 saturated carbocycles. The molecule has 0 aliphatic heterocycles. The zero-order valence-electron chi connectivity index (χ0n) is 11.5. The van der Waals surface area contributed by atoms with Crippen LogP contribution in [0, 0.1) is 5.41 Å². The maximum atomic E-state index is 11.8. The minimum absolute atomic E-state index is 0.116. The third kappa shape index (κ3) is 4.38. The average Bonchev–Trinajstić information content (AvgIpc) is 2.36. The van der Waals surface area contributed by atoms with Crippen LogP contribution in [0.5, 0.6) is 0 Å². The van der Waals surface area contributed by atoms with Gasteiger partial charge in [-0.15, -0.1) is 4.72 Å². The molecule has 19 heavy (non-hydrogen) atoms. The molecule has 1 aromatic rings. The second-order valence-corrected chi connectivity index (χ2v) is 5.57. The molecule has 0 heterocycles. The number of nitrogens with one attached hydrogen (secondary N) is 2. The summed E-state index contributed by atoms with van der Waals surface area (Å²) in [5, 5.41) is 17.3. The quantitative estimate of drug-likeness (QED) is 0.426. The Labute approximate surface area is 117 Å². The van der Waals surface area contributed by atoms with Crippen LogP contribution in [-0.2, 0) is 11.4 Å². The summed E-state index contributed by atoms with van der Waals surface area (Å²) in [7, 11) is 0. The number of hydrogen-bond donors (Lipinski definition) is 3. The molecule has 0 saturated heterocycles. The van der Waals surface area contributed by atoms with Crippen LogP contribution in [0.1, 0.15) is 32.8 Å². The Morgan fingerprint density at radius 1 is 1.32 bits per heavy atom. The maximum Gasteiger partial charge on any atom is 0.173 e. The smallest absolute Gasteiger partial charge is 0.173 e. The van der Waals surface area contributed by atoms with Crippen molar-refractivity contribution >= 4 is 22.6 Å². The third-order valence-corrected chi connectivity index (χ3v) is 3.74. The zero-order chi connectivity index (χ0) is 14.4. The van der Waals surface area contributed by atoms with E-state index in [0.29, 0.717) is 22.7 Å². The predicted octanol–water partition coefficient (Wildman–Crippen LogP) is 3.04. The highest BCUT2D eigenvalue weighted by Crippen LogP contribution is 2.20. The van der Waals surface area contributed by atoms with E-state index in [1.807, 2.05) is 6.92 Å². The standard InChI is InChI=1S/C14H20N2O2S/c1-4-9-16-19(18)13-7-5-12(6-8-13)14(10(2)15)11(3)17/h5-8,15-17H,4,9H2,1-3H3/b14-11+,15-10?. The first-order valence-electron chi connectivity index (χ1n) is 6.18. The Bertz CT molecular complexity index is 465. The van der Waals surface area contributed by atoms with E-state index >= 15 is 0 Å². The van der Waals surface area contributed by atoms with Crippen molar-refractivity contribution < 1.29 is 9.66 Å². The van der Waals surface area contributed by atoms with Crippen molar-refractivity contribution in [1.82, 2.24) is 4.72 Å². The fourth-order valence-electron chi connectivity index (χ4n) is 1.72. The highest BCUT2D eigenvalue weighted by molar-refractivity contribution is 7.89. The van der Waals surface area contributed by atoms with Crippen molar-refractivity contribution in [1.29, 1.82) is 5.41 Å². The van der Waals surface area contributed by atoms with E-state index in [0.717, 1.165) is 12.0 Å². The Kier molecular flexibility index (Phi) is 6.08. The van der Waals surface area contributed by atoms with Gasteiger partial charge in [0.2, 0.25) is 0 Å². The molecule has 0 fully saturated rings. The average molecular weight is 280 g/mol. The summed E-state index contributed by atoms with van der Waals surface area (Å²) in [6.45, 7) is 5.91. The van der Waals surface area contributed by atoms with Gasteiger partial charge in [-0.25, -0.2) is 0 Å². The van der Waals surface area contributed by atoms with E-state index in [4.69, 9.17) is 5.41 Å². The lowest BCUT2D eigenvalue weighted by Crippen LogP contribution is -2.24. The van der Waals surface area contributed by atoms with Crippen LogP contribution in [-0.4, -0.2) is 21.9 Å². The topological polar surface area (TPSA) is 79.2 Å². The first-order chi connectivity index (χ1) is 8.97. The van der Waals surface area contributed by atoms with Gasteiger partial charge in [-0.1, -0.05) is 6.92 Å². The van der Waals surface area contributed by atoms with Crippen LogP contribution in [0.2, 0.25) is 0 Å². The maximum absolute atomic E-state index is 11.8. The van der Waals surface area contributed by atoms with Crippen LogP contribution in [0.3, 0.4) is 0 Å². The summed E-state index contributed by atoms with van der Waals surface area (Å²) in [5.74, 6) is 0.116. The molecule has 5 heteroatoms. The van der Waals surface area contributed by atoms with Crippen LogP contribution in [0.25, 0.3) is 5.57 Å². The van der Waals surface area contributed by atoms with Gasteiger partial charge in [-0.05, 0) is 50.1 Å². The number of aliphatic hydroxyl groups is 1. The zero-order valence-corrected chi connectivity index (χ0v) is 12.3. The van der Waals surface area contributed by atoms with Crippen LogP contribution >= 0.6 is 0 Å². The van der Waals surface area contributed by atoms with E-state index in [2.05, 4.69) is 4.72 Å². The SMILES string of the molecule is CCCN[S+]([O-])c1ccc(/C(C(C)=N)=C(\C)O)cc1. The second kappa shape index (κ2) is 7.33. The number of benzene rings is 1. The molecule has 0 aliphatic rings. The van der Waals surface area contributed by atoms with Crippen molar-refractivity contribution in [2.45, 2.75) is 32.1 Å². The van der Waals surface area contributed by atoms with Crippen molar-refractivity contribution in [2.75, 3.05) is 6.54 Å². The molecular formula is C14H20N2O2S. The lowest BCUT2D eigenvalue weighted by molar-refractivity contribution is 0.418. The number of rotatable bonds is 6. The molecule has 0 aliphatic carbocycles. The first-order valence-corrected chi connectivity index (χ1v) is 7.33. The van der Waals surface area contributed by atoms with Crippen molar-refractivity contribution in [2.24, 2.45) is 0 Å². The highest BCUT2D eigenvalue weighted by Gasteiger charge is 2.13. The van der Waals surface area contributed by atoms with Crippen molar-refractivity contribution in [3.63, 3.8) is 0 Å². The molecule has 3 N–H and O–H groups in total. The van der Waals surface area contributed by atoms with Gasteiger partial charge in [0.25, 0.3) is 0 Å². The molecule has 0 bridgehead atoms. The normalized spacial score (nSPS) is 13.9. The van der Waals surface area contributed by atoms with Gasteiger partial charge in [0.15, 0.2) is 4.90 Å². The molecule has 0 radical (unpaired) electrons. The van der Waals surface area contributed by atoms with Gasteiger partial charge < -0.3 is 15.1 Å². The van der Waals surface area contributed by atoms with E-state index < -0.39 is 11.4 Å². The summed E-state index contributed by atoms with van der Waals surface area (Å²) in [5.41, 5.74) is 1.57. The minimum atomic E-state index is -1.21. The van der Waals surface area contributed by atoms with Crippen molar-refractivity contribution in [3.8, 4) is 0 Å². The van der Waals surface area contributed by atoms with Crippen molar-refractivity contribution in [3.05, 3.63) is 35.6 Å². The Morgan fingerprint density at radius 3 is 2.32 bits per heavy atom. The molecule has 1 aromatic carbocycles. The first kappa shape index (κ1) is 15.8. The lowest BCUT2D eigenvalue weighted by Gasteiger charge is -2.11. The van der Waals surface area contributed by atoms with E-state index in [-0.39, 0.29) is 5.76 Å². The van der Waals surface area contributed by atoms with Crippen LogP contribution in [0.4, 0.5) is 0 Å². The molecule has 0 spiro atoms. The van der Waals surface area contributed by atoms with Gasteiger partial charge >= 0.3 is 0 Å². The lowest BCUT2D eigenvalue weighted by atomic mass is 10.0. The second-order valence-electron chi connectivity index (χ2n) is 4.27. The van der Waals surface area contributed by atoms with Gasteiger partial charge in [0.05, 0.1) is 17.1 Å². The molecule has 104 valence electrons. The van der Waals surface area contributed by atoms with E-state index in [9.17, 15) is 9.66 Å². The van der Waals surface area contributed by atoms with Gasteiger partial charge in [0.1, 0.15) is 0 Å². The molecule has 0 aromatic heterocycles. The Hall–Kier alpha value is -1.30. The molecule has 4 nitrogen and oxygen atoms in total. The fourth-order valence-corrected chi connectivity index (χ4v) is 2.66. The monoisotopic (exact) mass is 280 g/mol. The predicted molar refractivity (Wildman–Crippen MR) is 79.8 cm³/mol. The Balaban J connectivity index is 2.93. The van der Waals surface area contributed by atoms with Gasteiger partial charge in [-0.3, -0.25) is 0 Å². The summed E-state index contributed by atoms with van der Waals surface area (Å²) in [6, 6.07) is 7.04. The van der Waals surface area contributed by atoms with Gasteiger partial charge in [0, 0.05) is 17.8 Å². The number of hydrogen-bond acceptors (Lipinski definition) is 4. The molecule has 1 rings (SSSR count). The molecular weight excluding hydrogens is 260 g/mol. The molecule has 0 amide bonds. The largest absolute Gasteiger partial charge is 0.593 e. The number of allylic oxidation sites excluding steroid dienone is 2. The summed E-state index contributed by atoms with van der Waals surface area (Å²) < 4.78 is 14.8. The number of aliphatic hydroxyl groups excluding tert-OH is 1. The fraction of sp³-hybridized carbons (Fsp3) is 0.357. The summed E-state index contributed by atoms with van der Waals surface area (Å²) in [4.78, 5) is 0.690. The van der Waals surface area contributed by atoms with Crippen LogP contribution in [0.15, 0.2) is 34.9 Å². The molecule has 1 atom stereocenters. The van der Waals surface area contributed by atoms with E-state index in [1.165, 1.54) is 0 Å². The van der Waals surface area contributed by atoms with Gasteiger partial charge in [-0.2, -0.15) is 0 Å². The summed E-state index contributed by atoms with van der Waals surface area (Å²) >= 11 is -1.21. The molecule has 1 unspecified atom stereocenters. The Morgan fingerprint density at radius 2 is 1.89 bits per heavy atom. The van der Waals surface area contributed by atoms with E-state index in [1.54, 1.807) is 38.1 Å². The third-order valence-electron chi connectivity index (χ3n) is 2.58.